The van der Waals surface area contributed by atoms with Crippen molar-refractivity contribution in [2.24, 2.45) is 0 Å². The van der Waals surface area contributed by atoms with Crippen molar-refractivity contribution in [2.45, 2.75) is 6.61 Å². The largest absolute Gasteiger partial charge is 0.870 e. The summed E-state index contributed by atoms with van der Waals surface area (Å²) in [6, 6.07) is 17.5. The molecule has 0 saturated heterocycles. The zero-order chi connectivity index (χ0) is 10.5. The van der Waals surface area contributed by atoms with Gasteiger partial charge in [0, 0.05) is 0 Å². The summed E-state index contributed by atoms with van der Waals surface area (Å²) in [5, 5.41) is 0. The zero-order valence-electron chi connectivity index (χ0n) is 9.28. The first-order valence-electron chi connectivity index (χ1n) is 4.87. The van der Waals surface area contributed by atoms with Gasteiger partial charge in [0.15, 0.2) is 0 Å². The first-order valence-corrected chi connectivity index (χ1v) is 4.87. The summed E-state index contributed by atoms with van der Waals surface area (Å²) in [7, 11) is 5.59. The van der Waals surface area contributed by atoms with Gasteiger partial charge in [-0.15, -0.1) is 0 Å². The third-order valence-electron chi connectivity index (χ3n) is 2.13. The average Bonchev–Trinajstić information content (AvgIpc) is 2.30. The molecule has 2 aromatic carbocycles. The molecule has 2 aromatic rings. The van der Waals surface area contributed by atoms with Crippen LogP contribution >= 0.6 is 0 Å². The maximum absolute atomic E-state index is 5.59. The number of para-hydroxylation sites is 1. The van der Waals surface area contributed by atoms with Gasteiger partial charge in [0.2, 0.25) is 0 Å². The maximum Gasteiger partial charge on any atom is -0.870 e. The standard InChI is InChI=1S/C13H11BO.2H2O/c14-12-8-6-11(7-9-12)10-15-13-4-2-1-3-5-13;;/h1-9H,10H2;2*1H2/q+2;;/p-2. The van der Waals surface area contributed by atoms with Gasteiger partial charge in [-0.1, -0.05) is 0 Å². The van der Waals surface area contributed by atoms with Gasteiger partial charge in [-0.05, 0) is 0 Å². The second-order valence-electron chi connectivity index (χ2n) is 3.34. The van der Waals surface area contributed by atoms with E-state index in [1.807, 2.05) is 54.6 Å². The molecular formula is C13H13BO3. The minimum atomic E-state index is 0. The van der Waals surface area contributed by atoms with Crippen LogP contribution in [0.3, 0.4) is 0 Å². The Labute approximate surface area is 102 Å². The summed E-state index contributed by atoms with van der Waals surface area (Å²) in [4.78, 5) is 0. The molecule has 2 rings (SSSR count). The quantitative estimate of drug-likeness (QED) is 0.750. The summed E-state index contributed by atoms with van der Waals surface area (Å²) in [6.07, 6.45) is 0. The molecular weight excluding hydrogens is 215 g/mol. The van der Waals surface area contributed by atoms with Crippen molar-refractivity contribution in [3.8, 4) is 5.75 Å². The van der Waals surface area contributed by atoms with Crippen LogP contribution < -0.4 is 10.2 Å². The third kappa shape index (κ3) is 4.72. The number of hydrogen-bond donors (Lipinski definition) is 0. The molecule has 0 heterocycles. The van der Waals surface area contributed by atoms with E-state index in [9.17, 15) is 0 Å². The van der Waals surface area contributed by atoms with Crippen molar-refractivity contribution < 1.29 is 15.7 Å². The minimum absolute atomic E-state index is 0. The average molecular weight is 228 g/mol. The van der Waals surface area contributed by atoms with E-state index in [1.165, 1.54) is 0 Å². The molecule has 86 valence electrons. The van der Waals surface area contributed by atoms with Gasteiger partial charge in [-0.25, -0.2) is 0 Å². The minimum Gasteiger partial charge on any atom is -0.870 e. The molecule has 17 heavy (non-hydrogen) atoms. The third-order valence-corrected chi connectivity index (χ3v) is 2.13. The Hall–Kier alpha value is -1.78. The van der Waals surface area contributed by atoms with E-state index >= 15 is 0 Å². The SMILES string of the molecule is [B+2]c1ccc(COc2ccccc2)cc1.[OH-].[OH-]. The van der Waals surface area contributed by atoms with Crippen molar-refractivity contribution >= 4 is 13.3 Å². The van der Waals surface area contributed by atoms with Crippen LogP contribution in [-0.2, 0) is 6.61 Å². The van der Waals surface area contributed by atoms with Crippen molar-refractivity contribution in [2.75, 3.05) is 0 Å². The molecule has 0 aromatic heterocycles. The molecule has 0 atom stereocenters. The topological polar surface area (TPSA) is 69.2 Å². The molecule has 0 aliphatic rings. The summed E-state index contributed by atoms with van der Waals surface area (Å²) in [5.41, 5.74) is 1.89. The molecule has 0 radical (unpaired) electrons. The van der Waals surface area contributed by atoms with Gasteiger partial charge in [0.1, 0.15) is 0 Å². The molecule has 3 nitrogen and oxygen atoms in total. The molecule has 0 unspecified atom stereocenters. The zero-order valence-corrected chi connectivity index (χ0v) is 9.28. The maximum atomic E-state index is 5.59. The predicted molar refractivity (Wildman–Crippen MR) is 66.5 cm³/mol. The van der Waals surface area contributed by atoms with Crippen molar-refractivity contribution in [3.63, 3.8) is 0 Å². The summed E-state index contributed by atoms with van der Waals surface area (Å²) < 4.78 is 5.59. The molecule has 0 amide bonds. The Balaban J connectivity index is 0.00000128. The van der Waals surface area contributed by atoms with Gasteiger partial charge in [-0.2, -0.15) is 0 Å². The number of hydrogen-bond acceptors (Lipinski definition) is 3. The number of rotatable bonds is 3. The Bertz CT molecular complexity index is 414. The van der Waals surface area contributed by atoms with Crippen LogP contribution in [0.15, 0.2) is 54.6 Å². The van der Waals surface area contributed by atoms with Crippen LogP contribution in [0.4, 0.5) is 0 Å². The molecule has 0 saturated carbocycles. The summed E-state index contributed by atoms with van der Waals surface area (Å²) in [5.74, 6) is 0.884. The fourth-order valence-corrected chi connectivity index (χ4v) is 1.30. The molecule has 0 aliphatic heterocycles. The normalized spacial score (nSPS) is 8.82. The second-order valence-corrected chi connectivity index (χ2v) is 3.34. The van der Waals surface area contributed by atoms with Gasteiger partial charge in [0.25, 0.3) is 0 Å². The summed E-state index contributed by atoms with van der Waals surface area (Å²) in [6.45, 7) is 0.574. The number of benzene rings is 2. The first kappa shape index (κ1) is 15.2. The van der Waals surface area contributed by atoms with Gasteiger partial charge >= 0.3 is 90.6 Å². The Morgan fingerprint density at radius 1 is 0.824 bits per heavy atom. The predicted octanol–water partition coefficient (Wildman–Crippen LogP) is 1.71. The van der Waals surface area contributed by atoms with Crippen LogP contribution in [0.5, 0.6) is 5.75 Å². The molecule has 4 heteroatoms. The Morgan fingerprint density at radius 3 is 2.00 bits per heavy atom. The van der Waals surface area contributed by atoms with E-state index in [-0.39, 0.29) is 11.0 Å². The van der Waals surface area contributed by atoms with Crippen molar-refractivity contribution in [1.29, 1.82) is 0 Å². The van der Waals surface area contributed by atoms with E-state index in [4.69, 9.17) is 12.6 Å². The monoisotopic (exact) mass is 228 g/mol. The molecule has 0 fully saturated rings. The van der Waals surface area contributed by atoms with E-state index in [0.29, 0.717) is 6.61 Å². The fraction of sp³-hybridized carbons (Fsp3) is 0.0769. The van der Waals surface area contributed by atoms with Crippen LogP contribution in [0, 0.1) is 0 Å². The van der Waals surface area contributed by atoms with Crippen molar-refractivity contribution in [3.05, 3.63) is 60.2 Å². The van der Waals surface area contributed by atoms with Crippen molar-refractivity contribution in [1.82, 2.24) is 0 Å². The number of ether oxygens (including phenoxy) is 1. The Kier molecular flexibility index (Phi) is 6.71. The van der Waals surface area contributed by atoms with Crippen LogP contribution in [0.2, 0.25) is 0 Å². The van der Waals surface area contributed by atoms with Gasteiger partial charge < -0.3 is 11.0 Å². The van der Waals surface area contributed by atoms with Crippen LogP contribution in [-0.4, -0.2) is 18.8 Å². The summed E-state index contributed by atoms with van der Waals surface area (Å²) >= 11 is 0. The van der Waals surface area contributed by atoms with E-state index in [1.54, 1.807) is 0 Å². The fourth-order valence-electron chi connectivity index (χ4n) is 1.30. The van der Waals surface area contributed by atoms with Crippen LogP contribution in [0.1, 0.15) is 5.56 Å². The first-order chi connectivity index (χ1) is 7.34. The van der Waals surface area contributed by atoms with Gasteiger partial charge in [0.05, 0.1) is 0 Å². The molecule has 0 spiro atoms. The molecule has 2 N–H and O–H groups in total. The van der Waals surface area contributed by atoms with E-state index in [0.717, 1.165) is 16.8 Å². The Morgan fingerprint density at radius 2 is 1.41 bits per heavy atom. The van der Waals surface area contributed by atoms with E-state index in [2.05, 4.69) is 0 Å². The second kappa shape index (κ2) is 7.49. The smallest absolute Gasteiger partial charge is 0.870 e. The van der Waals surface area contributed by atoms with E-state index < -0.39 is 0 Å². The van der Waals surface area contributed by atoms with Gasteiger partial charge in [-0.3, -0.25) is 0 Å². The molecule has 0 bridgehead atoms. The van der Waals surface area contributed by atoms with Crippen LogP contribution in [0.25, 0.3) is 0 Å². The molecule has 0 aliphatic carbocycles.